The van der Waals surface area contributed by atoms with E-state index in [2.05, 4.69) is 18.7 Å². The molecule has 2 N–H and O–H groups in total. The summed E-state index contributed by atoms with van der Waals surface area (Å²) < 4.78 is 10.9. The summed E-state index contributed by atoms with van der Waals surface area (Å²) in [6, 6.07) is 0.427. The Balaban J connectivity index is 4.29. The molecule has 110 valence electrons. The number of hydrogen-bond donors (Lipinski definition) is 1. The van der Waals surface area contributed by atoms with E-state index in [0.717, 1.165) is 45.9 Å². The number of ether oxygens (including phenoxy) is 2. The van der Waals surface area contributed by atoms with Gasteiger partial charge in [0, 0.05) is 38.9 Å². The number of nitrogens with zero attached hydrogens (tertiary/aromatic N) is 1. The third-order valence-corrected chi connectivity index (χ3v) is 3.47. The van der Waals surface area contributed by atoms with Crippen molar-refractivity contribution in [2.45, 2.75) is 40.2 Å². The maximum absolute atomic E-state index is 5.94. The SMILES string of the molecule is CCOCCN(CCOCC)C(CN)C(C)CC. The van der Waals surface area contributed by atoms with Crippen molar-refractivity contribution in [3.05, 3.63) is 0 Å². The molecule has 0 bridgehead atoms. The summed E-state index contributed by atoms with van der Waals surface area (Å²) in [6.07, 6.45) is 1.15. The minimum atomic E-state index is 0.427. The van der Waals surface area contributed by atoms with Crippen LogP contribution in [0.15, 0.2) is 0 Å². The Kier molecular flexibility index (Phi) is 11.8. The van der Waals surface area contributed by atoms with E-state index in [4.69, 9.17) is 15.2 Å². The largest absolute Gasteiger partial charge is 0.380 e. The second-order valence-corrected chi connectivity index (χ2v) is 4.62. The highest BCUT2D eigenvalue weighted by Gasteiger charge is 2.21. The van der Waals surface area contributed by atoms with Crippen LogP contribution in [0.4, 0.5) is 0 Å². The summed E-state index contributed by atoms with van der Waals surface area (Å²) in [4.78, 5) is 2.42. The van der Waals surface area contributed by atoms with E-state index >= 15 is 0 Å². The molecule has 4 nitrogen and oxygen atoms in total. The van der Waals surface area contributed by atoms with Gasteiger partial charge in [-0.3, -0.25) is 4.90 Å². The van der Waals surface area contributed by atoms with Crippen molar-refractivity contribution in [2.24, 2.45) is 11.7 Å². The highest BCUT2D eigenvalue weighted by Crippen LogP contribution is 2.13. The quantitative estimate of drug-likeness (QED) is 0.543. The molecule has 0 amide bonds. The van der Waals surface area contributed by atoms with Crippen LogP contribution in [0, 0.1) is 5.92 Å². The van der Waals surface area contributed by atoms with Crippen LogP contribution in [0.5, 0.6) is 0 Å². The second kappa shape index (κ2) is 11.9. The van der Waals surface area contributed by atoms with Crippen LogP contribution < -0.4 is 5.73 Å². The first-order valence-electron chi connectivity index (χ1n) is 7.30. The van der Waals surface area contributed by atoms with Gasteiger partial charge >= 0.3 is 0 Å². The predicted molar refractivity (Wildman–Crippen MR) is 76.9 cm³/mol. The van der Waals surface area contributed by atoms with Crippen LogP contribution in [0.3, 0.4) is 0 Å². The molecule has 2 atom stereocenters. The molecule has 0 fully saturated rings. The molecule has 2 unspecified atom stereocenters. The lowest BCUT2D eigenvalue weighted by atomic mass is 9.97. The Morgan fingerprint density at radius 1 is 1.00 bits per heavy atom. The van der Waals surface area contributed by atoms with Gasteiger partial charge < -0.3 is 15.2 Å². The first-order valence-corrected chi connectivity index (χ1v) is 7.30. The molecule has 0 rings (SSSR count). The first kappa shape index (κ1) is 17.8. The van der Waals surface area contributed by atoms with Crippen LogP contribution in [0.25, 0.3) is 0 Å². The van der Waals surface area contributed by atoms with Gasteiger partial charge in [-0.15, -0.1) is 0 Å². The van der Waals surface area contributed by atoms with Crippen LogP contribution in [-0.4, -0.2) is 57.0 Å². The summed E-state index contributed by atoms with van der Waals surface area (Å²) in [6.45, 7) is 14.2. The zero-order chi connectivity index (χ0) is 13.8. The van der Waals surface area contributed by atoms with Crippen molar-refractivity contribution >= 4 is 0 Å². The minimum absolute atomic E-state index is 0.427. The summed E-state index contributed by atoms with van der Waals surface area (Å²) in [5.41, 5.74) is 5.94. The summed E-state index contributed by atoms with van der Waals surface area (Å²) >= 11 is 0. The molecule has 0 aromatic heterocycles. The molecule has 0 radical (unpaired) electrons. The standard InChI is InChI=1S/C14H32N2O2/c1-5-13(4)14(12-15)16(8-10-17-6-2)9-11-18-7-3/h13-14H,5-12,15H2,1-4H3. The smallest absolute Gasteiger partial charge is 0.0593 e. The van der Waals surface area contributed by atoms with E-state index < -0.39 is 0 Å². The maximum atomic E-state index is 5.94. The van der Waals surface area contributed by atoms with Gasteiger partial charge in [0.2, 0.25) is 0 Å². The fourth-order valence-electron chi connectivity index (χ4n) is 2.11. The van der Waals surface area contributed by atoms with Crippen LogP contribution >= 0.6 is 0 Å². The van der Waals surface area contributed by atoms with Gasteiger partial charge in [0.15, 0.2) is 0 Å². The van der Waals surface area contributed by atoms with E-state index in [1.54, 1.807) is 0 Å². The van der Waals surface area contributed by atoms with E-state index in [1.165, 1.54) is 0 Å². The summed E-state index contributed by atoms with van der Waals surface area (Å²) in [5.74, 6) is 0.609. The fraction of sp³-hybridized carbons (Fsp3) is 1.00. The van der Waals surface area contributed by atoms with Crippen LogP contribution in [-0.2, 0) is 9.47 Å². The monoisotopic (exact) mass is 260 g/mol. The average Bonchev–Trinajstić information content (AvgIpc) is 2.39. The number of hydrogen-bond acceptors (Lipinski definition) is 4. The van der Waals surface area contributed by atoms with E-state index in [0.29, 0.717) is 18.5 Å². The molecular weight excluding hydrogens is 228 g/mol. The molecule has 0 heterocycles. The molecule has 0 spiro atoms. The lowest BCUT2D eigenvalue weighted by Gasteiger charge is -2.34. The van der Waals surface area contributed by atoms with Crippen LogP contribution in [0.2, 0.25) is 0 Å². The Morgan fingerprint density at radius 2 is 1.50 bits per heavy atom. The zero-order valence-electron chi connectivity index (χ0n) is 12.7. The van der Waals surface area contributed by atoms with Gasteiger partial charge in [0.25, 0.3) is 0 Å². The zero-order valence-corrected chi connectivity index (χ0v) is 12.7. The van der Waals surface area contributed by atoms with Crippen molar-refractivity contribution in [3.8, 4) is 0 Å². The van der Waals surface area contributed by atoms with Gasteiger partial charge in [0.05, 0.1) is 13.2 Å². The Hall–Kier alpha value is -0.160. The molecule has 0 saturated carbocycles. The maximum Gasteiger partial charge on any atom is 0.0593 e. The molecule has 0 aromatic carbocycles. The summed E-state index contributed by atoms with van der Waals surface area (Å²) in [5, 5.41) is 0. The number of nitrogens with two attached hydrogens (primary N) is 1. The highest BCUT2D eigenvalue weighted by molar-refractivity contribution is 4.77. The molecule has 0 aliphatic carbocycles. The molecule has 0 aliphatic heterocycles. The third-order valence-electron chi connectivity index (χ3n) is 3.47. The van der Waals surface area contributed by atoms with Gasteiger partial charge in [0.1, 0.15) is 0 Å². The Morgan fingerprint density at radius 3 is 1.83 bits per heavy atom. The van der Waals surface area contributed by atoms with E-state index in [1.807, 2.05) is 13.8 Å². The fourth-order valence-corrected chi connectivity index (χ4v) is 2.11. The van der Waals surface area contributed by atoms with E-state index in [9.17, 15) is 0 Å². The van der Waals surface area contributed by atoms with Gasteiger partial charge in [-0.25, -0.2) is 0 Å². The molecule has 0 aromatic rings. The predicted octanol–water partition coefficient (Wildman–Crippen LogP) is 1.73. The summed E-state index contributed by atoms with van der Waals surface area (Å²) in [7, 11) is 0. The van der Waals surface area contributed by atoms with Gasteiger partial charge in [-0.05, 0) is 19.8 Å². The molecule has 18 heavy (non-hydrogen) atoms. The lowest BCUT2D eigenvalue weighted by Crippen LogP contribution is -2.47. The third kappa shape index (κ3) is 7.31. The van der Waals surface area contributed by atoms with Crippen molar-refractivity contribution in [3.63, 3.8) is 0 Å². The van der Waals surface area contributed by atoms with Crippen molar-refractivity contribution in [1.82, 2.24) is 4.90 Å². The average molecular weight is 260 g/mol. The second-order valence-electron chi connectivity index (χ2n) is 4.62. The van der Waals surface area contributed by atoms with Crippen molar-refractivity contribution in [1.29, 1.82) is 0 Å². The van der Waals surface area contributed by atoms with Gasteiger partial charge in [-0.2, -0.15) is 0 Å². The Bertz CT molecular complexity index is 169. The highest BCUT2D eigenvalue weighted by atomic mass is 16.5. The van der Waals surface area contributed by atoms with Crippen LogP contribution in [0.1, 0.15) is 34.1 Å². The first-order chi connectivity index (χ1) is 8.71. The van der Waals surface area contributed by atoms with E-state index in [-0.39, 0.29) is 0 Å². The topological polar surface area (TPSA) is 47.7 Å². The molecule has 4 heteroatoms. The lowest BCUT2D eigenvalue weighted by molar-refractivity contribution is 0.0506. The molecular formula is C14H32N2O2. The minimum Gasteiger partial charge on any atom is -0.380 e. The normalized spacial score (nSPS) is 15.0. The van der Waals surface area contributed by atoms with Crippen molar-refractivity contribution in [2.75, 3.05) is 46.1 Å². The molecule has 0 aliphatic rings. The number of rotatable bonds is 12. The Labute approximate surface area is 113 Å². The van der Waals surface area contributed by atoms with Gasteiger partial charge in [-0.1, -0.05) is 20.3 Å². The van der Waals surface area contributed by atoms with Crippen molar-refractivity contribution < 1.29 is 9.47 Å². The molecule has 0 saturated heterocycles.